The Balaban J connectivity index is 2.28. The second-order valence-electron chi connectivity index (χ2n) is 5.48. The van der Waals surface area contributed by atoms with Crippen LogP contribution < -0.4 is 9.47 Å². The molecule has 1 aromatic carbocycles. The topological polar surface area (TPSA) is 35.5 Å². The molecule has 0 N–H and O–H groups in total. The van der Waals surface area contributed by atoms with Gasteiger partial charge in [0.05, 0.1) is 19.8 Å². The second-order valence-corrected chi connectivity index (χ2v) is 6.28. The Morgan fingerprint density at radius 3 is 2.35 bits per heavy atom. The quantitative estimate of drug-likeness (QED) is 0.758. The van der Waals surface area contributed by atoms with E-state index in [4.69, 9.17) is 9.47 Å². The highest BCUT2D eigenvalue weighted by Gasteiger charge is 2.28. The third kappa shape index (κ3) is 3.00. The number of methoxy groups -OCH3 is 2. The van der Waals surface area contributed by atoms with E-state index >= 15 is 0 Å². The number of halogens is 1. The zero-order valence-corrected chi connectivity index (χ0v) is 13.8. The summed E-state index contributed by atoms with van der Waals surface area (Å²) in [5, 5.41) is 0. The largest absolute Gasteiger partial charge is 0.495 e. The van der Waals surface area contributed by atoms with Crippen molar-refractivity contribution in [2.24, 2.45) is 11.8 Å². The lowest BCUT2D eigenvalue weighted by molar-refractivity contribution is 0.0872. The highest BCUT2D eigenvalue weighted by molar-refractivity contribution is 9.10. The van der Waals surface area contributed by atoms with Crippen molar-refractivity contribution in [1.29, 1.82) is 0 Å². The number of Topliss-reactive ketones (excluding diaryl/α,β-unsaturated/α-hetero) is 1. The zero-order chi connectivity index (χ0) is 14.7. The van der Waals surface area contributed by atoms with E-state index in [1.807, 2.05) is 12.1 Å². The molecule has 0 aliphatic heterocycles. The molecule has 0 aromatic heterocycles. The Morgan fingerprint density at radius 1 is 1.15 bits per heavy atom. The van der Waals surface area contributed by atoms with Gasteiger partial charge in [-0.1, -0.05) is 19.8 Å². The van der Waals surface area contributed by atoms with Gasteiger partial charge in [0.1, 0.15) is 16.0 Å². The molecule has 0 bridgehead atoms. The van der Waals surface area contributed by atoms with Gasteiger partial charge < -0.3 is 9.47 Å². The van der Waals surface area contributed by atoms with Gasteiger partial charge in [0.2, 0.25) is 0 Å². The molecular weight excluding hydrogens is 320 g/mol. The third-order valence-corrected chi connectivity index (χ3v) is 4.89. The van der Waals surface area contributed by atoms with Crippen molar-refractivity contribution in [3.63, 3.8) is 0 Å². The number of rotatable bonds is 4. The number of ketones is 1. The first-order chi connectivity index (χ1) is 9.58. The maximum absolute atomic E-state index is 12.7. The summed E-state index contributed by atoms with van der Waals surface area (Å²) in [4.78, 5) is 12.7. The fourth-order valence-corrected chi connectivity index (χ4v) is 3.50. The number of carbonyl (C=O) groups excluding carboxylic acids is 1. The van der Waals surface area contributed by atoms with Gasteiger partial charge in [-0.2, -0.15) is 0 Å². The van der Waals surface area contributed by atoms with Crippen LogP contribution >= 0.6 is 15.9 Å². The molecule has 0 radical (unpaired) electrons. The van der Waals surface area contributed by atoms with Gasteiger partial charge in [-0.3, -0.25) is 4.79 Å². The maximum atomic E-state index is 12.7. The van der Waals surface area contributed by atoms with Crippen LogP contribution in [0.2, 0.25) is 0 Å². The van der Waals surface area contributed by atoms with E-state index in [9.17, 15) is 4.79 Å². The molecule has 0 saturated heterocycles. The van der Waals surface area contributed by atoms with E-state index in [-0.39, 0.29) is 11.7 Å². The summed E-state index contributed by atoms with van der Waals surface area (Å²) in [7, 11) is 3.18. The van der Waals surface area contributed by atoms with Crippen LogP contribution in [0.15, 0.2) is 16.6 Å². The Hall–Kier alpha value is -1.03. The third-order valence-electron chi connectivity index (χ3n) is 4.14. The lowest BCUT2D eigenvalue weighted by atomic mass is 9.79. The van der Waals surface area contributed by atoms with Crippen LogP contribution in [0.3, 0.4) is 0 Å². The fourth-order valence-electron chi connectivity index (χ4n) is 2.83. The van der Waals surface area contributed by atoms with Crippen molar-refractivity contribution >= 4 is 21.7 Å². The molecule has 110 valence electrons. The molecular formula is C16H21BrO3. The van der Waals surface area contributed by atoms with Crippen LogP contribution in [0, 0.1) is 11.8 Å². The smallest absolute Gasteiger partial charge is 0.169 e. The predicted molar refractivity (Wildman–Crippen MR) is 82.7 cm³/mol. The minimum absolute atomic E-state index is 0.125. The van der Waals surface area contributed by atoms with Gasteiger partial charge >= 0.3 is 0 Å². The minimum Gasteiger partial charge on any atom is -0.495 e. The van der Waals surface area contributed by atoms with E-state index in [0.717, 1.165) is 31.6 Å². The van der Waals surface area contributed by atoms with Crippen LogP contribution in [-0.4, -0.2) is 20.0 Å². The zero-order valence-electron chi connectivity index (χ0n) is 12.2. The van der Waals surface area contributed by atoms with Crippen LogP contribution in [0.4, 0.5) is 0 Å². The highest BCUT2D eigenvalue weighted by atomic mass is 79.9. The molecule has 0 amide bonds. The summed E-state index contributed by atoms with van der Waals surface area (Å²) < 4.78 is 11.4. The molecule has 20 heavy (non-hydrogen) atoms. The maximum Gasteiger partial charge on any atom is 0.169 e. The first-order valence-corrected chi connectivity index (χ1v) is 7.82. The van der Waals surface area contributed by atoms with Crippen molar-refractivity contribution in [3.05, 3.63) is 22.2 Å². The molecule has 4 heteroatoms. The van der Waals surface area contributed by atoms with Crippen molar-refractivity contribution in [1.82, 2.24) is 0 Å². The van der Waals surface area contributed by atoms with E-state index in [1.165, 1.54) is 0 Å². The Morgan fingerprint density at radius 2 is 1.80 bits per heavy atom. The lowest BCUT2D eigenvalue weighted by Crippen LogP contribution is -2.21. The Bertz CT molecular complexity index is 491. The molecule has 3 nitrogen and oxygen atoms in total. The number of carbonyl (C=O) groups is 1. The van der Waals surface area contributed by atoms with Crippen LogP contribution in [0.1, 0.15) is 43.0 Å². The highest BCUT2D eigenvalue weighted by Crippen LogP contribution is 2.40. The summed E-state index contributed by atoms with van der Waals surface area (Å²) >= 11 is 3.45. The first kappa shape index (κ1) is 15.4. The number of hydrogen-bond acceptors (Lipinski definition) is 3. The van der Waals surface area contributed by atoms with Gasteiger partial charge in [0.25, 0.3) is 0 Å². The SMILES string of the molecule is COc1ccc(C(=O)C2CCC(C)CC2)c(OC)c1Br. The molecule has 2 rings (SSSR count). The summed E-state index contributed by atoms with van der Waals surface area (Å²) in [6.45, 7) is 2.26. The molecule has 1 aliphatic carbocycles. The van der Waals surface area contributed by atoms with Crippen molar-refractivity contribution < 1.29 is 14.3 Å². The Labute approximate surface area is 128 Å². The van der Waals surface area contributed by atoms with Gasteiger partial charge in [-0.25, -0.2) is 0 Å². The van der Waals surface area contributed by atoms with Gasteiger partial charge in [-0.15, -0.1) is 0 Å². The lowest BCUT2D eigenvalue weighted by Gasteiger charge is -2.25. The van der Waals surface area contributed by atoms with Crippen molar-refractivity contribution in [2.45, 2.75) is 32.6 Å². The molecule has 0 heterocycles. The van der Waals surface area contributed by atoms with Gasteiger partial charge in [0.15, 0.2) is 5.78 Å². The normalized spacial score (nSPS) is 22.4. The molecule has 0 spiro atoms. The molecule has 1 fully saturated rings. The molecule has 1 saturated carbocycles. The van der Waals surface area contributed by atoms with E-state index in [0.29, 0.717) is 21.5 Å². The fraction of sp³-hybridized carbons (Fsp3) is 0.562. The van der Waals surface area contributed by atoms with E-state index in [2.05, 4.69) is 22.9 Å². The average Bonchev–Trinajstić information content (AvgIpc) is 2.47. The first-order valence-electron chi connectivity index (χ1n) is 7.03. The van der Waals surface area contributed by atoms with Crippen LogP contribution in [0.25, 0.3) is 0 Å². The van der Waals surface area contributed by atoms with Crippen molar-refractivity contribution in [3.8, 4) is 11.5 Å². The molecule has 1 aromatic rings. The molecule has 1 aliphatic rings. The molecule has 0 atom stereocenters. The minimum atomic E-state index is 0.125. The summed E-state index contributed by atoms with van der Waals surface area (Å²) in [6, 6.07) is 3.62. The Kier molecular flexibility index (Phi) is 5.08. The predicted octanol–water partition coefficient (Wildman–Crippen LogP) is 4.48. The standard InChI is InChI=1S/C16H21BrO3/c1-10-4-6-11(7-5-10)15(18)12-8-9-13(19-2)14(17)16(12)20-3/h8-11H,4-7H2,1-3H3. The number of ether oxygens (including phenoxy) is 2. The van der Waals surface area contributed by atoms with Crippen molar-refractivity contribution in [2.75, 3.05) is 14.2 Å². The summed E-state index contributed by atoms with van der Waals surface area (Å²) in [5.74, 6) is 2.31. The van der Waals surface area contributed by atoms with Gasteiger partial charge in [0, 0.05) is 5.92 Å². The van der Waals surface area contributed by atoms with Crippen LogP contribution in [-0.2, 0) is 0 Å². The van der Waals surface area contributed by atoms with E-state index in [1.54, 1.807) is 14.2 Å². The summed E-state index contributed by atoms with van der Waals surface area (Å²) in [6.07, 6.45) is 4.23. The monoisotopic (exact) mass is 340 g/mol. The second kappa shape index (κ2) is 6.61. The number of hydrogen-bond donors (Lipinski definition) is 0. The van der Waals surface area contributed by atoms with Crippen LogP contribution in [0.5, 0.6) is 11.5 Å². The van der Waals surface area contributed by atoms with E-state index < -0.39 is 0 Å². The molecule has 0 unspecified atom stereocenters. The van der Waals surface area contributed by atoms with Gasteiger partial charge in [-0.05, 0) is 46.8 Å². The summed E-state index contributed by atoms with van der Waals surface area (Å²) in [5.41, 5.74) is 0.653. The average molecular weight is 341 g/mol. The number of benzene rings is 1.